The molecule has 0 spiro atoms. The molecular weight excluding hydrogens is 246 g/mol. The summed E-state index contributed by atoms with van der Waals surface area (Å²) >= 11 is 1.52. The molecule has 0 atom stereocenters. The van der Waals surface area contributed by atoms with E-state index in [4.69, 9.17) is 0 Å². The third-order valence-electron chi connectivity index (χ3n) is 2.47. The summed E-state index contributed by atoms with van der Waals surface area (Å²) in [6, 6.07) is 0. The molecule has 0 radical (unpaired) electrons. The number of hydrogen-bond acceptors (Lipinski definition) is 4. The van der Waals surface area contributed by atoms with Crippen LogP contribution in [0.4, 0.5) is 0 Å². The molecule has 0 bridgehead atoms. The fourth-order valence-electron chi connectivity index (χ4n) is 1.59. The highest BCUT2D eigenvalue weighted by Crippen LogP contribution is 2.21. The normalized spacial score (nSPS) is 12.4. The van der Waals surface area contributed by atoms with E-state index in [0.717, 1.165) is 22.0 Å². The van der Waals surface area contributed by atoms with E-state index in [1.54, 1.807) is 0 Å². The molecule has 0 aliphatic carbocycles. The van der Waals surface area contributed by atoms with Gasteiger partial charge < -0.3 is 0 Å². The van der Waals surface area contributed by atoms with Crippen molar-refractivity contribution in [3.8, 4) is 0 Å². The highest BCUT2D eigenvalue weighted by Gasteiger charge is 2.18. The molecule has 16 heavy (non-hydrogen) atoms. The second-order valence-corrected chi connectivity index (χ2v) is 6.37. The van der Waals surface area contributed by atoms with Crippen LogP contribution in [0.15, 0.2) is 5.38 Å². The smallest absolute Gasteiger partial charge is 0.217 e. The fourth-order valence-corrected chi connectivity index (χ4v) is 3.36. The summed E-state index contributed by atoms with van der Waals surface area (Å²) in [7, 11) is -1.84. The average molecular weight is 259 g/mol. The lowest BCUT2D eigenvalue weighted by Crippen LogP contribution is -2.21. The molecule has 0 saturated heterocycles. The molecule has 1 N–H and O–H groups in total. The van der Waals surface area contributed by atoms with Crippen LogP contribution in [0.5, 0.6) is 0 Å². The Balaban J connectivity index is 2.59. The molecule has 2 aromatic rings. The van der Waals surface area contributed by atoms with Crippen LogP contribution in [0.3, 0.4) is 0 Å². The molecule has 0 amide bonds. The van der Waals surface area contributed by atoms with Gasteiger partial charge in [0.1, 0.15) is 5.75 Å². The molecular formula is C9H13N3O2S2. The molecule has 2 heterocycles. The standard InChI is InChI=1S/C9H13N3O2S2/c1-6-4-15-9-11-7(2)8(12(6)9)5-16(13,14)10-3/h4,10H,5H2,1-3H3. The first-order valence-corrected chi connectivity index (χ1v) is 7.31. The molecule has 2 rings (SSSR count). The van der Waals surface area contributed by atoms with E-state index < -0.39 is 10.0 Å². The van der Waals surface area contributed by atoms with Gasteiger partial charge in [0.05, 0.1) is 11.4 Å². The first-order chi connectivity index (χ1) is 7.44. The maximum atomic E-state index is 11.5. The average Bonchev–Trinajstić information content (AvgIpc) is 2.70. The zero-order chi connectivity index (χ0) is 11.9. The van der Waals surface area contributed by atoms with Gasteiger partial charge in [-0.25, -0.2) is 18.1 Å². The Morgan fingerprint density at radius 3 is 2.81 bits per heavy atom. The van der Waals surface area contributed by atoms with Gasteiger partial charge in [-0.1, -0.05) is 0 Å². The first kappa shape index (κ1) is 11.6. The summed E-state index contributed by atoms with van der Waals surface area (Å²) in [5.74, 6) is -0.0337. The monoisotopic (exact) mass is 259 g/mol. The van der Waals surface area contributed by atoms with Gasteiger partial charge in [-0.2, -0.15) is 0 Å². The number of thiazole rings is 1. The maximum absolute atomic E-state index is 11.5. The Hall–Kier alpha value is -0.920. The number of aromatic nitrogens is 2. The molecule has 2 aromatic heterocycles. The van der Waals surface area contributed by atoms with Crippen LogP contribution in [-0.4, -0.2) is 24.9 Å². The number of rotatable bonds is 3. The van der Waals surface area contributed by atoms with Crippen molar-refractivity contribution in [3.05, 3.63) is 22.5 Å². The third-order valence-corrected chi connectivity index (χ3v) is 4.69. The van der Waals surface area contributed by atoms with Crippen LogP contribution in [0.2, 0.25) is 0 Å². The minimum atomic E-state index is -3.26. The zero-order valence-corrected chi connectivity index (χ0v) is 10.9. The van der Waals surface area contributed by atoms with E-state index in [-0.39, 0.29) is 5.75 Å². The van der Waals surface area contributed by atoms with E-state index in [0.29, 0.717) is 0 Å². The Kier molecular flexibility index (Phi) is 2.77. The number of hydrogen-bond donors (Lipinski definition) is 1. The maximum Gasteiger partial charge on any atom is 0.217 e. The number of nitrogens with zero attached hydrogens (tertiary/aromatic N) is 2. The van der Waals surface area contributed by atoms with Gasteiger partial charge in [0, 0.05) is 11.1 Å². The number of aryl methyl sites for hydroxylation is 2. The van der Waals surface area contributed by atoms with Crippen molar-refractivity contribution in [2.45, 2.75) is 19.6 Å². The van der Waals surface area contributed by atoms with Gasteiger partial charge in [-0.15, -0.1) is 11.3 Å². The van der Waals surface area contributed by atoms with Crippen LogP contribution in [-0.2, 0) is 15.8 Å². The van der Waals surface area contributed by atoms with E-state index >= 15 is 0 Å². The number of sulfonamides is 1. The fraction of sp³-hybridized carbons (Fsp3) is 0.444. The number of imidazole rings is 1. The SMILES string of the molecule is CNS(=O)(=O)Cc1c(C)nc2scc(C)n12. The number of fused-ring (bicyclic) bond motifs is 1. The minimum absolute atomic E-state index is 0.0337. The summed E-state index contributed by atoms with van der Waals surface area (Å²) in [5.41, 5.74) is 2.53. The highest BCUT2D eigenvalue weighted by molar-refractivity contribution is 7.88. The summed E-state index contributed by atoms with van der Waals surface area (Å²) in [6.07, 6.45) is 0. The summed E-state index contributed by atoms with van der Waals surface area (Å²) < 4.78 is 27.3. The van der Waals surface area contributed by atoms with Gasteiger partial charge in [0.2, 0.25) is 10.0 Å². The minimum Gasteiger partial charge on any atom is -0.291 e. The van der Waals surface area contributed by atoms with Crippen molar-refractivity contribution in [2.75, 3.05) is 7.05 Å². The van der Waals surface area contributed by atoms with Gasteiger partial charge in [-0.3, -0.25) is 4.40 Å². The highest BCUT2D eigenvalue weighted by atomic mass is 32.2. The summed E-state index contributed by atoms with van der Waals surface area (Å²) in [4.78, 5) is 5.19. The van der Waals surface area contributed by atoms with Crippen molar-refractivity contribution in [1.82, 2.24) is 14.1 Å². The summed E-state index contributed by atoms with van der Waals surface area (Å²) in [6.45, 7) is 3.78. The Bertz CT molecular complexity index is 625. The van der Waals surface area contributed by atoms with E-state index in [1.807, 2.05) is 23.6 Å². The van der Waals surface area contributed by atoms with Crippen LogP contribution in [0, 0.1) is 13.8 Å². The Morgan fingerprint density at radius 1 is 1.50 bits per heavy atom. The van der Waals surface area contributed by atoms with E-state index in [9.17, 15) is 8.42 Å². The van der Waals surface area contributed by atoms with E-state index in [1.165, 1.54) is 18.4 Å². The lowest BCUT2D eigenvalue weighted by molar-refractivity contribution is 0.586. The van der Waals surface area contributed by atoms with E-state index in [2.05, 4.69) is 9.71 Å². The van der Waals surface area contributed by atoms with Gasteiger partial charge in [0.15, 0.2) is 4.96 Å². The zero-order valence-electron chi connectivity index (χ0n) is 9.31. The van der Waals surface area contributed by atoms with Gasteiger partial charge in [-0.05, 0) is 20.9 Å². The predicted octanol–water partition coefficient (Wildman–Crippen LogP) is 1.06. The Labute approximate surface area is 98.2 Å². The third kappa shape index (κ3) is 1.85. The van der Waals surface area contributed by atoms with Crippen molar-refractivity contribution in [1.29, 1.82) is 0 Å². The lowest BCUT2D eigenvalue weighted by atomic mass is 10.4. The predicted molar refractivity (Wildman–Crippen MR) is 64.2 cm³/mol. The molecule has 0 fully saturated rings. The molecule has 0 unspecified atom stereocenters. The molecule has 0 aliphatic rings. The van der Waals surface area contributed by atoms with Crippen LogP contribution in [0.1, 0.15) is 17.1 Å². The first-order valence-electron chi connectivity index (χ1n) is 4.78. The number of nitrogens with one attached hydrogen (secondary N) is 1. The van der Waals surface area contributed by atoms with Crippen molar-refractivity contribution >= 4 is 26.3 Å². The van der Waals surface area contributed by atoms with Crippen LogP contribution >= 0.6 is 11.3 Å². The van der Waals surface area contributed by atoms with Crippen LogP contribution in [0.25, 0.3) is 4.96 Å². The topological polar surface area (TPSA) is 63.5 Å². The second-order valence-electron chi connectivity index (χ2n) is 3.60. The molecule has 0 aliphatic heterocycles. The lowest BCUT2D eigenvalue weighted by Gasteiger charge is -2.03. The molecule has 0 saturated carbocycles. The molecule has 5 nitrogen and oxygen atoms in total. The van der Waals surface area contributed by atoms with Crippen LogP contribution < -0.4 is 4.72 Å². The molecule has 0 aromatic carbocycles. The van der Waals surface area contributed by atoms with Crippen molar-refractivity contribution < 1.29 is 8.42 Å². The molecule has 88 valence electrons. The Morgan fingerprint density at radius 2 is 2.19 bits per heavy atom. The largest absolute Gasteiger partial charge is 0.291 e. The second kappa shape index (κ2) is 3.83. The molecule has 7 heteroatoms. The van der Waals surface area contributed by atoms with Crippen molar-refractivity contribution in [3.63, 3.8) is 0 Å². The summed E-state index contributed by atoms with van der Waals surface area (Å²) in [5, 5.41) is 1.97. The van der Waals surface area contributed by atoms with Gasteiger partial charge >= 0.3 is 0 Å². The van der Waals surface area contributed by atoms with Crippen molar-refractivity contribution in [2.24, 2.45) is 0 Å². The quantitative estimate of drug-likeness (QED) is 0.896. The van der Waals surface area contributed by atoms with Gasteiger partial charge in [0.25, 0.3) is 0 Å².